The minimum absolute atomic E-state index is 0.138. The van der Waals surface area contributed by atoms with Crippen molar-refractivity contribution in [2.75, 3.05) is 5.32 Å². The van der Waals surface area contributed by atoms with Crippen molar-refractivity contribution in [3.8, 4) is 0 Å². The predicted molar refractivity (Wildman–Crippen MR) is 135 cm³/mol. The average molecular weight is 591 g/mol. The molecule has 4 N–H and O–H groups in total. The van der Waals surface area contributed by atoms with Crippen molar-refractivity contribution in [3.05, 3.63) is 64.7 Å². The summed E-state index contributed by atoms with van der Waals surface area (Å²) >= 11 is 6.28. The number of halogens is 7. The number of primary amides is 1. The van der Waals surface area contributed by atoms with Crippen LogP contribution in [0.4, 0.5) is 32.0 Å². The van der Waals surface area contributed by atoms with E-state index < -0.39 is 73.3 Å². The normalized spacial score (nSPS) is 17.9. The van der Waals surface area contributed by atoms with Crippen LogP contribution in [0.2, 0.25) is 5.02 Å². The number of benzodiazepines with no additional fused rings is 1. The van der Waals surface area contributed by atoms with Crippen molar-refractivity contribution >= 4 is 40.7 Å². The molecule has 1 aliphatic heterocycles. The van der Waals surface area contributed by atoms with Gasteiger partial charge in [0.1, 0.15) is 0 Å². The molecule has 0 fully saturated rings. The number of para-hydroxylation sites is 1. The van der Waals surface area contributed by atoms with Crippen LogP contribution < -0.4 is 16.4 Å². The number of amides is 3. The first-order chi connectivity index (χ1) is 18.6. The molecular weight excluding hydrogens is 566 g/mol. The van der Waals surface area contributed by atoms with E-state index in [-0.39, 0.29) is 16.4 Å². The molecule has 1 heterocycles. The SMILES string of the molecule is CC(CC(C(N)=O)C(CCC(F)(F)F)C(=O)NC1N=C(c2ccccc2)c2cccc(Cl)c2NC1=O)C(F)(F)F. The number of anilines is 1. The quantitative estimate of drug-likeness (QED) is 0.348. The fourth-order valence-electron chi connectivity index (χ4n) is 4.29. The molecule has 0 aromatic heterocycles. The number of nitrogens with two attached hydrogens (primary N) is 1. The standard InChI is InChI=1S/C26H25ClF6N4O3/c1-13(26(31,32)33)12-17(21(34)38)15(10-11-25(28,29)30)23(39)37-22-24(40)36-20-16(8-5-9-18(20)27)19(35-22)14-6-3-2-4-7-14/h2-9,13,15,17,22H,10-12H2,1H3,(H2,34,38)(H,36,40)(H,37,39). The van der Waals surface area contributed by atoms with E-state index >= 15 is 0 Å². The molecule has 0 saturated heterocycles. The first-order valence-electron chi connectivity index (χ1n) is 12.0. The summed E-state index contributed by atoms with van der Waals surface area (Å²) in [6, 6.07) is 13.1. The van der Waals surface area contributed by atoms with Gasteiger partial charge in [-0.3, -0.25) is 14.4 Å². The summed E-state index contributed by atoms with van der Waals surface area (Å²) in [5.41, 5.74) is 6.52. The maximum absolute atomic E-state index is 13.3. The fourth-order valence-corrected chi connectivity index (χ4v) is 4.51. The molecule has 4 atom stereocenters. The van der Waals surface area contributed by atoms with Crippen LogP contribution in [0.5, 0.6) is 0 Å². The smallest absolute Gasteiger partial charge is 0.369 e. The monoisotopic (exact) mass is 590 g/mol. The minimum Gasteiger partial charge on any atom is -0.369 e. The van der Waals surface area contributed by atoms with Crippen LogP contribution in [-0.2, 0) is 14.4 Å². The number of aliphatic imine (C=N–C) groups is 1. The Morgan fingerprint density at radius 1 is 1.05 bits per heavy atom. The van der Waals surface area contributed by atoms with Crippen LogP contribution in [0.1, 0.15) is 37.3 Å². The number of benzene rings is 2. The average Bonchev–Trinajstić information content (AvgIpc) is 2.99. The Labute approximate surface area is 230 Å². The number of hydrogen-bond acceptors (Lipinski definition) is 4. The summed E-state index contributed by atoms with van der Waals surface area (Å²) in [4.78, 5) is 42.9. The third kappa shape index (κ3) is 7.74. The fraction of sp³-hybridized carbons (Fsp3) is 0.385. The van der Waals surface area contributed by atoms with Crippen LogP contribution in [-0.4, -0.2) is 42.0 Å². The highest BCUT2D eigenvalue weighted by Crippen LogP contribution is 2.36. The molecule has 40 heavy (non-hydrogen) atoms. The Morgan fingerprint density at radius 3 is 2.27 bits per heavy atom. The molecule has 0 radical (unpaired) electrons. The van der Waals surface area contributed by atoms with Crippen molar-refractivity contribution in [2.45, 2.75) is 44.7 Å². The van der Waals surface area contributed by atoms with Crippen molar-refractivity contribution in [2.24, 2.45) is 28.5 Å². The van der Waals surface area contributed by atoms with Gasteiger partial charge in [0, 0.05) is 29.4 Å². The second kappa shape index (κ2) is 12.3. The Kier molecular flexibility index (Phi) is 9.49. The number of carbonyl (C=O) groups excluding carboxylic acids is 3. The molecule has 0 bridgehead atoms. The number of rotatable bonds is 9. The first kappa shape index (κ1) is 30.9. The third-order valence-electron chi connectivity index (χ3n) is 6.44. The molecule has 3 rings (SSSR count). The number of hydrogen-bond donors (Lipinski definition) is 3. The van der Waals surface area contributed by atoms with Gasteiger partial charge >= 0.3 is 12.4 Å². The number of alkyl halides is 6. The van der Waals surface area contributed by atoms with Gasteiger partial charge in [-0.2, -0.15) is 26.3 Å². The molecule has 216 valence electrons. The van der Waals surface area contributed by atoms with Crippen molar-refractivity contribution < 1.29 is 40.7 Å². The largest absolute Gasteiger partial charge is 0.391 e. The summed E-state index contributed by atoms with van der Waals surface area (Å²) in [6.45, 7) is 0.727. The Morgan fingerprint density at radius 2 is 1.70 bits per heavy atom. The summed E-state index contributed by atoms with van der Waals surface area (Å²) in [6.07, 6.45) is -14.9. The maximum atomic E-state index is 13.3. The molecule has 3 amide bonds. The highest BCUT2D eigenvalue weighted by atomic mass is 35.5. The predicted octanol–water partition coefficient (Wildman–Crippen LogP) is 5.22. The molecule has 1 aliphatic rings. The van der Waals surface area contributed by atoms with Crippen molar-refractivity contribution in [1.29, 1.82) is 0 Å². The van der Waals surface area contributed by atoms with Crippen LogP contribution in [0.3, 0.4) is 0 Å². The maximum Gasteiger partial charge on any atom is 0.391 e. The second-order valence-corrected chi connectivity index (χ2v) is 9.76. The van der Waals surface area contributed by atoms with Crippen molar-refractivity contribution in [1.82, 2.24) is 5.32 Å². The summed E-state index contributed by atoms with van der Waals surface area (Å²) in [7, 11) is 0. The number of nitrogens with one attached hydrogen (secondary N) is 2. The molecular formula is C26H25ClF6N4O3. The van der Waals surface area contributed by atoms with Crippen LogP contribution in [0.25, 0.3) is 0 Å². The highest BCUT2D eigenvalue weighted by molar-refractivity contribution is 6.36. The molecule has 4 unspecified atom stereocenters. The number of nitrogens with zero attached hydrogens (tertiary/aromatic N) is 1. The lowest BCUT2D eigenvalue weighted by Gasteiger charge is -2.28. The number of carbonyl (C=O) groups is 3. The van der Waals surface area contributed by atoms with Gasteiger partial charge in [0.15, 0.2) is 0 Å². The highest BCUT2D eigenvalue weighted by Gasteiger charge is 2.44. The van der Waals surface area contributed by atoms with Gasteiger partial charge in [-0.05, 0) is 18.9 Å². The van der Waals surface area contributed by atoms with Crippen molar-refractivity contribution in [3.63, 3.8) is 0 Å². The van der Waals surface area contributed by atoms with E-state index in [9.17, 15) is 40.7 Å². The first-order valence-corrected chi connectivity index (χ1v) is 12.4. The molecule has 14 heteroatoms. The van der Waals surface area contributed by atoms with Gasteiger partial charge in [-0.25, -0.2) is 4.99 Å². The zero-order valence-corrected chi connectivity index (χ0v) is 21.7. The Bertz CT molecular complexity index is 1280. The zero-order valence-electron chi connectivity index (χ0n) is 20.9. The van der Waals surface area contributed by atoms with Gasteiger partial charge in [-0.1, -0.05) is 61.0 Å². The van der Waals surface area contributed by atoms with Crippen LogP contribution in [0, 0.1) is 17.8 Å². The molecule has 7 nitrogen and oxygen atoms in total. The van der Waals surface area contributed by atoms with E-state index in [0.29, 0.717) is 11.1 Å². The zero-order chi connectivity index (χ0) is 29.8. The lowest BCUT2D eigenvalue weighted by atomic mass is 9.80. The molecule has 2 aromatic carbocycles. The van der Waals surface area contributed by atoms with E-state index in [4.69, 9.17) is 17.3 Å². The topological polar surface area (TPSA) is 114 Å². The van der Waals surface area contributed by atoms with E-state index in [1.807, 2.05) is 0 Å². The summed E-state index contributed by atoms with van der Waals surface area (Å²) < 4.78 is 78.9. The van der Waals surface area contributed by atoms with Gasteiger partial charge in [0.05, 0.1) is 22.3 Å². The second-order valence-electron chi connectivity index (χ2n) is 9.35. The minimum atomic E-state index is -4.79. The summed E-state index contributed by atoms with van der Waals surface area (Å²) in [5.74, 6) is -9.56. The van der Waals surface area contributed by atoms with Gasteiger partial charge < -0.3 is 16.4 Å². The van der Waals surface area contributed by atoms with Gasteiger partial charge in [0.2, 0.25) is 18.0 Å². The molecule has 0 saturated carbocycles. The molecule has 0 spiro atoms. The van der Waals surface area contributed by atoms with Crippen LogP contribution >= 0.6 is 11.6 Å². The van der Waals surface area contributed by atoms with E-state index in [2.05, 4.69) is 15.6 Å². The lowest BCUT2D eigenvalue weighted by molar-refractivity contribution is -0.177. The Hall–Kier alpha value is -3.61. The molecule has 2 aromatic rings. The van der Waals surface area contributed by atoms with E-state index in [1.165, 1.54) is 6.07 Å². The molecule has 0 aliphatic carbocycles. The lowest BCUT2D eigenvalue weighted by Crippen LogP contribution is -2.48. The van der Waals surface area contributed by atoms with E-state index in [0.717, 1.165) is 6.92 Å². The Balaban J connectivity index is 2.01. The third-order valence-corrected chi connectivity index (χ3v) is 6.76. The van der Waals surface area contributed by atoms with E-state index in [1.54, 1.807) is 42.5 Å². The summed E-state index contributed by atoms with van der Waals surface area (Å²) in [5, 5.41) is 4.87. The van der Waals surface area contributed by atoms with Gasteiger partial charge in [0.25, 0.3) is 5.91 Å². The van der Waals surface area contributed by atoms with Crippen LogP contribution in [0.15, 0.2) is 53.5 Å². The van der Waals surface area contributed by atoms with Gasteiger partial charge in [-0.15, -0.1) is 0 Å². The number of fused-ring (bicyclic) bond motifs is 1.